The van der Waals surface area contributed by atoms with Crippen LogP contribution in [0.1, 0.15) is 17.2 Å². The molecule has 0 N–H and O–H groups in total. The van der Waals surface area contributed by atoms with Crippen molar-refractivity contribution >= 4 is 19.7 Å². The van der Waals surface area contributed by atoms with Gasteiger partial charge in [-0.25, -0.2) is 16.8 Å². The van der Waals surface area contributed by atoms with E-state index in [4.69, 9.17) is 9.47 Å². The first-order chi connectivity index (χ1) is 14.9. The molecule has 0 bridgehead atoms. The molecule has 6 nitrogen and oxygen atoms in total. The fourth-order valence-electron chi connectivity index (χ4n) is 3.58. The first kappa shape index (κ1) is 21.4. The minimum Gasteiger partial charge on any atom is -0.493 e. The molecule has 1 aliphatic rings. The van der Waals surface area contributed by atoms with Gasteiger partial charge in [0.1, 0.15) is 16.7 Å². The number of hydrogen-bond acceptors (Lipinski definition) is 6. The van der Waals surface area contributed by atoms with Crippen molar-refractivity contribution in [1.29, 1.82) is 0 Å². The number of benzene rings is 3. The van der Waals surface area contributed by atoms with Gasteiger partial charge in [0.25, 0.3) is 0 Å². The Hall–Kier alpha value is -2.84. The Bertz CT molecular complexity index is 1250. The molecule has 0 spiro atoms. The largest absolute Gasteiger partial charge is 0.493 e. The Labute approximate surface area is 182 Å². The molecule has 3 aromatic carbocycles. The molecular weight excluding hydrogens is 436 g/mol. The van der Waals surface area contributed by atoms with Gasteiger partial charge in [-0.05, 0) is 36.4 Å². The summed E-state index contributed by atoms with van der Waals surface area (Å²) in [6.45, 7) is 0.685. The summed E-state index contributed by atoms with van der Waals surface area (Å²) in [5.41, 5.74) is 0.218. The molecule has 0 fully saturated rings. The quantitative estimate of drug-likeness (QED) is 0.477. The molecule has 0 aliphatic carbocycles. The van der Waals surface area contributed by atoms with Crippen LogP contribution in [0.2, 0.25) is 0 Å². The Morgan fingerprint density at radius 2 is 1.45 bits per heavy atom. The van der Waals surface area contributed by atoms with Crippen LogP contribution in [-0.4, -0.2) is 35.8 Å². The Morgan fingerprint density at radius 1 is 0.806 bits per heavy atom. The van der Waals surface area contributed by atoms with Gasteiger partial charge in [0, 0.05) is 12.0 Å². The summed E-state index contributed by atoms with van der Waals surface area (Å²) >= 11 is 0. The molecule has 3 aromatic rings. The van der Waals surface area contributed by atoms with Crippen molar-refractivity contribution in [3.63, 3.8) is 0 Å². The normalized spacial score (nSPS) is 17.1. The zero-order valence-electron chi connectivity index (χ0n) is 16.7. The number of hydrogen-bond donors (Lipinski definition) is 0. The maximum absolute atomic E-state index is 13.2. The molecule has 0 amide bonds. The summed E-state index contributed by atoms with van der Waals surface area (Å²) in [4.78, 5) is 0.115. The fraction of sp³-hybridized carbons (Fsp3) is 0.217. The minimum atomic E-state index is -3.90. The third kappa shape index (κ3) is 4.45. The summed E-state index contributed by atoms with van der Waals surface area (Å²) in [5.74, 6) is 0.544. The van der Waals surface area contributed by atoms with Crippen LogP contribution in [0.15, 0.2) is 88.7 Å². The maximum Gasteiger partial charge on any atom is 0.186 e. The lowest BCUT2D eigenvalue weighted by Crippen LogP contribution is -2.16. The molecule has 1 aliphatic heterocycles. The van der Waals surface area contributed by atoms with Crippen LogP contribution >= 0.6 is 0 Å². The fourth-order valence-corrected chi connectivity index (χ4v) is 7.93. The first-order valence-electron chi connectivity index (χ1n) is 9.85. The lowest BCUT2D eigenvalue weighted by atomic mass is 10.1. The highest BCUT2D eigenvalue weighted by atomic mass is 32.2. The number of fused-ring (bicyclic) bond motifs is 1. The van der Waals surface area contributed by atoms with Crippen molar-refractivity contribution in [2.45, 2.75) is 21.5 Å². The zero-order chi connectivity index (χ0) is 21.9. The van der Waals surface area contributed by atoms with Crippen molar-refractivity contribution in [1.82, 2.24) is 0 Å². The van der Waals surface area contributed by atoms with E-state index in [9.17, 15) is 16.8 Å². The van der Waals surface area contributed by atoms with Gasteiger partial charge in [0.2, 0.25) is 0 Å². The average molecular weight is 459 g/mol. The average Bonchev–Trinajstić information content (AvgIpc) is 3.07. The van der Waals surface area contributed by atoms with Gasteiger partial charge < -0.3 is 9.47 Å². The van der Waals surface area contributed by atoms with Crippen LogP contribution in [0, 0.1) is 0 Å². The molecule has 0 aromatic heterocycles. The van der Waals surface area contributed by atoms with Gasteiger partial charge in [0.15, 0.2) is 19.7 Å². The van der Waals surface area contributed by atoms with Crippen LogP contribution in [-0.2, 0) is 19.7 Å². The smallest absolute Gasteiger partial charge is 0.186 e. The van der Waals surface area contributed by atoms with Crippen molar-refractivity contribution in [2.75, 3.05) is 19.0 Å². The van der Waals surface area contributed by atoms with E-state index in [0.29, 0.717) is 13.0 Å². The zero-order valence-corrected chi connectivity index (χ0v) is 18.3. The SMILES string of the molecule is O=S1(=O)CC(S(=O)(=O)c2ccccc2)c2c(OCCCOc3ccccc3)cccc21. The minimum absolute atomic E-state index is 0.0232. The summed E-state index contributed by atoms with van der Waals surface area (Å²) in [6.07, 6.45) is 0.557. The molecule has 31 heavy (non-hydrogen) atoms. The van der Waals surface area contributed by atoms with Crippen LogP contribution in [0.3, 0.4) is 0 Å². The molecule has 1 atom stereocenters. The van der Waals surface area contributed by atoms with Crippen molar-refractivity contribution in [3.8, 4) is 11.5 Å². The number of rotatable bonds is 8. The molecule has 162 valence electrons. The third-order valence-corrected chi connectivity index (χ3v) is 9.15. The molecule has 0 saturated heterocycles. The lowest BCUT2D eigenvalue weighted by Gasteiger charge is -2.16. The van der Waals surface area contributed by atoms with Gasteiger partial charge in [0.05, 0.1) is 28.8 Å². The standard InChI is InChI=1S/C23H22O6S2/c24-30(25)17-22(31(26,27)19-11-5-2-6-12-19)23-20(13-7-14-21(23)30)29-16-8-15-28-18-9-3-1-4-10-18/h1-7,9-14,22H,8,15-17H2. The van der Waals surface area contributed by atoms with Crippen molar-refractivity contribution < 1.29 is 26.3 Å². The molecule has 0 radical (unpaired) electrons. The third-order valence-electron chi connectivity index (χ3n) is 5.06. The highest BCUT2D eigenvalue weighted by Gasteiger charge is 2.45. The van der Waals surface area contributed by atoms with E-state index < -0.39 is 30.7 Å². The summed E-state index contributed by atoms with van der Waals surface area (Å²) in [5, 5.41) is -1.20. The molecule has 4 rings (SSSR count). The van der Waals surface area contributed by atoms with Gasteiger partial charge in [-0.15, -0.1) is 0 Å². The van der Waals surface area contributed by atoms with Gasteiger partial charge in [-0.2, -0.15) is 0 Å². The lowest BCUT2D eigenvalue weighted by molar-refractivity contribution is 0.246. The first-order valence-corrected chi connectivity index (χ1v) is 13.0. The van der Waals surface area contributed by atoms with Crippen LogP contribution in [0.4, 0.5) is 0 Å². The van der Waals surface area contributed by atoms with Crippen molar-refractivity contribution in [3.05, 3.63) is 84.4 Å². The summed E-state index contributed by atoms with van der Waals surface area (Å²) in [6, 6.07) is 21.9. The van der Waals surface area contributed by atoms with Crippen LogP contribution in [0.5, 0.6) is 11.5 Å². The van der Waals surface area contributed by atoms with Crippen LogP contribution in [0.25, 0.3) is 0 Å². The maximum atomic E-state index is 13.2. The van der Waals surface area contributed by atoms with E-state index >= 15 is 0 Å². The topological polar surface area (TPSA) is 86.7 Å². The van der Waals surface area contributed by atoms with Gasteiger partial charge >= 0.3 is 0 Å². The molecule has 0 saturated carbocycles. The second-order valence-corrected chi connectivity index (χ2v) is 11.3. The highest BCUT2D eigenvalue weighted by molar-refractivity contribution is 7.96. The Morgan fingerprint density at radius 3 is 2.16 bits per heavy atom. The second-order valence-electron chi connectivity index (χ2n) is 7.16. The molecule has 1 unspecified atom stereocenters. The summed E-state index contributed by atoms with van der Waals surface area (Å²) in [7, 11) is -7.62. The Balaban J connectivity index is 1.54. The molecular formula is C23H22O6S2. The molecule has 8 heteroatoms. The van der Waals surface area contributed by atoms with Gasteiger partial charge in [-0.3, -0.25) is 0 Å². The number of para-hydroxylation sites is 1. The Kier molecular flexibility index (Phi) is 6.02. The van der Waals surface area contributed by atoms with Crippen molar-refractivity contribution in [2.24, 2.45) is 0 Å². The van der Waals surface area contributed by atoms with E-state index in [1.807, 2.05) is 30.3 Å². The monoisotopic (exact) mass is 458 g/mol. The summed E-state index contributed by atoms with van der Waals surface area (Å²) < 4.78 is 63.3. The van der Waals surface area contributed by atoms with Gasteiger partial charge in [-0.1, -0.05) is 42.5 Å². The van der Waals surface area contributed by atoms with E-state index in [1.54, 1.807) is 30.3 Å². The molecule has 1 heterocycles. The number of sulfone groups is 2. The highest BCUT2D eigenvalue weighted by Crippen LogP contribution is 2.45. The number of ether oxygens (including phenoxy) is 2. The predicted molar refractivity (Wildman–Crippen MR) is 117 cm³/mol. The van der Waals surface area contributed by atoms with E-state index in [-0.39, 0.29) is 27.7 Å². The van der Waals surface area contributed by atoms with E-state index in [2.05, 4.69) is 0 Å². The van der Waals surface area contributed by atoms with Crippen LogP contribution < -0.4 is 9.47 Å². The second kappa shape index (κ2) is 8.72. The van der Waals surface area contributed by atoms with E-state index in [0.717, 1.165) is 5.75 Å². The van der Waals surface area contributed by atoms with E-state index in [1.165, 1.54) is 18.2 Å². The predicted octanol–water partition coefficient (Wildman–Crippen LogP) is 3.84.